The molecule has 0 unspecified atom stereocenters. The first-order valence-electron chi connectivity index (χ1n) is 10.1. The quantitative estimate of drug-likeness (QED) is 0.701. The number of ether oxygens (including phenoxy) is 3. The first-order chi connectivity index (χ1) is 14.4. The van der Waals surface area contributed by atoms with Crippen molar-refractivity contribution in [3.05, 3.63) is 23.4 Å². The Morgan fingerprint density at radius 1 is 1.19 bits per heavy atom. The van der Waals surface area contributed by atoms with E-state index in [4.69, 9.17) is 14.2 Å². The van der Waals surface area contributed by atoms with Crippen molar-refractivity contribution in [2.24, 2.45) is 0 Å². The highest BCUT2D eigenvalue weighted by Gasteiger charge is 2.35. The summed E-state index contributed by atoms with van der Waals surface area (Å²) in [6.07, 6.45) is -5.17. The summed E-state index contributed by atoms with van der Waals surface area (Å²) in [4.78, 5) is 30.3. The number of carbonyl (C=O) groups is 2. The molecule has 3 rings (SSSR count). The van der Waals surface area contributed by atoms with Crippen molar-refractivity contribution in [2.75, 3.05) is 26.2 Å². The zero-order valence-corrected chi connectivity index (χ0v) is 17.7. The molecule has 0 aliphatic carbocycles. The number of carbonyl (C=O) groups excluding carboxylic acids is 2. The van der Waals surface area contributed by atoms with E-state index in [2.05, 4.69) is 4.98 Å². The van der Waals surface area contributed by atoms with Crippen LogP contribution in [0, 0.1) is 0 Å². The lowest BCUT2D eigenvalue weighted by molar-refractivity contribution is -0.141. The lowest BCUT2D eigenvalue weighted by atomic mass is 10.1. The summed E-state index contributed by atoms with van der Waals surface area (Å²) < 4.78 is 55.8. The monoisotopic (exact) mass is 445 g/mol. The zero-order chi connectivity index (χ0) is 22.8. The smallest absolute Gasteiger partial charge is 0.433 e. The van der Waals surface area contributed by atoms with Gasteiger partial charge < -0.3 is 24.0 Å². The standard InChI is InChI=1S/C20H26F3N3O5/c1-19(2,3)31-18(28)25-6-4-14(5-7-25)30-16-11-13(10-15(24-16)20(21,22)23)12-26-8-9-29-17(26)27/h10-11,14H,4-9,12H2,1-3H3. The molecule has 1 aromatic heterocycles. The molecule has 2 amide bonds. The van der Waals surface area contributed by atoms with E-state index in [1.807, 2.05) is 0 Å². The van der Waals surface area contributed by atoms with E-state index >= 15 is 0 Å². The van der Waals surface area contributed by atoms with Crippen molar-refractivity contribution in [1.82, 2.24) is 14.8 Å². The van der Waals surface area contributed by atoms with Gasteiger partial charge in [0.2, 0.25) is 5.88 Å². The minimum absolute atomic E-state index is 0.0299. The number of amides is 2. The fraction of sp³-hybridized carbons (Fsp3) is 0.650. The van der Waals surface area contributed by atoms with Crippen molar-refractivity contribution < 1.29 is 37.0 Å². The van der Waals surface area contributed by atoms with Crippen molar-refractivity contribution in [2.45, 2.75) is 58.0 Å². The maximum Gasteiger partial charge on any atom is 0.433 e. The van der Waals surface area contributed by atoms with Crippen LogP contribution < -0.4 is 4.74 Å². The number of pyridine rings is 1. The van der Waals surface area contributed by atoms with Gasteiger partial charge in [0.1, 0.15) is 24.0 Å². The van der Waals surface area contributed by atoms with E-state index in [-0.39, 0.29) is 30.7 Å². The highest BCUT2D eigenvalue weighted by Crippen LogP contribution is 2.31. The van der Waals surface area contributed by atoms with E-state index in [0.717, 1.165) is 6.07 Å². The van der Waals surface area contributed by atoms with Crippen LogP contribution >= 0.6 is 0 Å². The molecule has 0 spiro atoms. The molecule has 172 valence electrons. The van der Waals surface area contributed by atoms with Gasteiger partial charge in [-0.3, -0.25) is 0 Å². The molecule has 0 saturated carbocycles. The number of hydrogen-bond donors (Lipinski definition) is 0. The zero-order valence-electron chi connectivity index (χ0n) is 17.7. The predicted octanol–water partition coefficient (Wildman–Crippen LogP) is 3.83. The number of likely N-dealkylation sites (tertiary alicyclic amines) is 1. The summed E-state index contributed by atoms with van der Waals surface area (Å²) in [5.41, 5.74) is -1.44. The summed E-state index contributed by atoms with van der Waals surface area (Å²) in [5.74, 6) is -0.159. The molecule has 0 N–H and O–H groups in total. The van der Waals surface area contributed by atoms with Crippen molar-refractivity contribution in [1.29, 1.82) is 0 Å². The minimum Gasteiger partial charge on any atom is -0.474 e. The molecule has 2 aliphatic heterocycles. The van der Waals surface area contributed by atoms with Crippen molar-refractivity contribution in [3.8, 4) is 5.88 Å². The van der Waals surface area contributed by atoms with E-state index in [9.17, 15) is 22.8 Å². The second-order valence-electron chi connectivity index (χ2n) is 8.52. The van der Waals surface area contributed by atoms with Crippen LogP contribution in [0.15, 0.2) is 12.1 Å². The van der Waals surface area contributed by atoms with Crippen LogP contribution in [0.1, 0.15) is 44.9 Å². The Morgan fingerprint density at radius 2 is 1.87 bits per heavy atom. The second kappa shape index (κ2) is 8.80. The van der Waals surface area contributed by atoms with Crippen molar-refractivity contribution >= 4 is 12.2 Å². The SMILES string of the molecule is CC(C)(C)OC(=O)N1CCC(Oc2cc(CN3CCOC3=O)cc(C(F)(F)F)n2)CC1. The second-order valence-corrected chi connectivity index (χ2v) is 8.52. The fourth-order valence-corrected chi connectivity index (χ4v) is 3.30. The van der Waals surface area contributed by atoms with Gasteiger partial charge in [-0.25, -0.2) is 14.6 Å². The van der Waals surface area contributed by atoms with Crippen LogP contribution in [0.2, 0.25) is 0 Å². The van der Waals surface area contributed by atoms with Gasteiger partial charge in [-0.05, 0) is 32.4 Å². The van der Waals surface area contributed by atoms with Gasteiger partial charge in [0.25, 0.3) is 0 Å². The number of cyclic esters (lactones) is 1. The third kappa shape index (κ3) is 6.38. The lowest BCUT2D eigenvalue weighted by Gasteiger charge is -2.33. The van der Waals surface area contributed by atoms with Gasteiger partial charge >= 0.3 is 18.4 Å². The molecule has 2 aliphatic rings. The highest BCUT2D eigenvalue weighted by atomic mass is 19.4. The summed E-state index contributed by atoms with van der Waals surface area (Å²) in [7, 11) is 0. The summed E-state index contributed by atoms with van der Waals surface area (Å²) in [6, 6.07) is 2.31. The normalized spacial score (nSPS) is 18.2. The molecule has 8 nitrogen and oxygen atoms in total. The Morgan fingerprint density at radius 3 is 2.42 bits per heavy atom. The molecule has 0 radical (unpaired) electrons. The van der Waals surface area contributed by atoms with E-state index in [1.165, 1.54) is 11.0 Å². The van der Waals surface area contributed by atoms with E-state index < -0.39 is 29.7 Å². The molecule has 31 heavy (non-hydrogen) atoms. The van der Waals surface area contributed by atoms with Crippen LogP contribution in [0.5, 0.6) is 5.88 Å². The topological polar surface area (TPSA) is 81.2 Å². The Balaban J connectivity index is 1.66. The number of aromatic nitrogens is 1. The third-order valence-corrected chi connectivity index (χ3v) is 4.75. The molecule has 0 atom stereocenters. The minimum atomic E-state index is -4.65. The number of rotatable bonds is 4. The van der Waals surface area contributed by atoms with Crippen LogP contribution in [0.25, 0.3) is 0 Å². The van der Waals surface area contributed by atoms with Crippen molar-refractivity contribution in [3.63, 3.8) is 0 Å². The number of alkyl halides is 3. The highest BCUT2D eigenvalue weighted by molar-refractivity contribution is 5.69. The summed E-state index contributed by atoms with van der Waals surface area (Å²) >= 11 is 0. The van der Waals surface area contributed by atoms with Gasteiger partial charge in [-0.2, -0.15) is 13.2 Å². The van der Waals surface area contributed by atoms with Gasteiger partial charge in [0.15, 0.2) is 0 Å². The molecule has 2 fully saturated rings. The molecule has 2 saturated heterocycles. The summed E-state index contributed by atoms with van der Waals surface area (Å²) in [5, 5.41) is 0. The largest absolute Gasteiger partial charge is 0.474 e. The molecular weight excluding hydrogens is 419 g/mol. The molecule has 3 heterocycles. The molecular formula is C20H26F3N3O5. The molecule has 0 aromatic carbocycles. The predicted molar refractivity (Wildman–Crippen MR) is 102 cm³/mol. The maximum absolute atomic E-state index is 13.3. The summed E-state index contributed by atoms with van der Waals surface area (Å²) in [6.45, 7) is 6.55. The number of hydrogen-bond acceptors (Lipinski definition) is 6. The Kier molecular flexibility index (Phi) is 6.51. The third-order valence-electron chi connectivity index (χ3n) is 4.75. The molecule has 1 aromatic rings. The van der Waals surface area contributed by atoms with Crippen LogP contribution in [0.4, 0.5) is 22.8 Å². The molecule has 0 bridgehead atoms. The Labute approximate surface area is 178 Å². The number of nitrogens with zero attached hydrogens (tertiary/aromatic N) is 3. The Hall–Kier alpha value is -2.72. The van der Waals surface area contributed by atoms with Crippen LogP contribution in [-0.2, 0) is 22.2 Å². The maximum atomic E-state index is 13.3. The van der Waals surface area contributed by atoms with Crippen LogP contribution in [-0.4, -0.2) is 64.9 Å². The fourth-order valence-electron chi connectivity index (χ4n) is 3.30. The first kappa shape index (κ1) is 23.0. The average molecular weight is 445 g/mol. The van der Waals surface area contributed by atoms with Gasteiger partial charge in [-0.15, -0.1) is 0 Å². The van der Waals surface area contributed by atoms with Gasteiger partial charge in [0.05, 0.1) is 6.54 Å². The number of piperidine rings is 1. The van der Waals surface area contributed by atoms with Gasteiger partial charge in [-0.1, -0.05) is 0 Å². The van der Waals surface area contributed by atoms with Crippen LogP contribution in [0.3, 0.4) is 0 Å². The molecule has 11 heteroatoms. The van der Waals surface area contributed by atoms with Gasteiger partial charge in [0, 0.05) is 38.5 Å². The average Bonchev–Trinajstić information content (AvgIpc) is 3.04. The number of halogens is 3. The lowest BCUT2D eigenvalue weighted by Crippen LogP contribution is -2.44. The Bertz CT molecular complexity index is 817. The van der Waals surface area contributed by atoms with E-state index in [1.54, 1.807) is 25.7 Å². The van der Waals surface area contributed by atoms with E-state index in [0.29, 0.717) is 32.5 Å². The first-order valence-corrected chi connectivity index (χ1v) is 10.1.